The van der Waals surface area contributed by atoms with Gasteiger partial charge in [0.1, 0.15) is 0 Å². The summed E-state index contributed by atoms with van der Waals surface area (Å²) in [6.07, 6.45) is 2.94. The number of hydrogen-bond acceptors (Lipinski definition) is 2. The summed E-state index contributed by atoms with van der Waals surface area (Å²) in [7, 11) is 0. The molecular weight excluding hydrogens is 274 g/mol. The molecule has 1 aromatic carbocycles. The molecule has 0 saturated heterocycles. The zero-order valence-electron chi connectivity index (χ0n) is 11.6. The summed E-state index contributed by atoms with van der Waals surface area (Å²) in [5, 5.41) is 10.4. The molecule has 1 aliphatic rings. The van der Waals surface area contributed by atoms with E-state index in [0.29, 0.717) is 16.3 Å². The van der Waals surface area contributed by atoms with Gasteiger partial charge in [-0.15, -0.1) is 0 Å². The van der Waals surface area contributed by atoms with E-state index in [1.165, 1.54) is 6.20 Å². The highest BCUT2D eigenvalue weighted by molar-refractivity contribution is 6.30. The third-order valence-electron chi connectivity index (χ3n) is 3.25. The third kappa shape index (κ3) is 2.54. The van der Waals surface area contributed by atoms with Gasteiger partial charge in [-0.1, -0.05) is 25.4 Å². The SMILES string of the molecule is CC.O=C1c2ccc(Cl)cc2CCc2ccc[n+](O)c21. The van der Waals surface area contributed by atoms with Crippen LogP contribution in [0.25, 0.3) is 0 Å². The Morgan fingerprint density at radius 1 is 1.15 bits per heavy atom. The van der Waals surface area contributed by atoms with Crippen molar-refractivity contribution in [3.8, 4) is 0 Å². The molecule has 1 aliphatic carbocycles. The van der Waals surface area contributed by atoms with Crippen LogP contribution in [0.15, 0.2) is 36.5 Å². The zero-order chi connectivity index (χ0) is 14.7. The lowest BCUT2D eigenvalue weighted by molar-refractivity contribution is -0.906. The monoisotopic (exact) mass is 290 g/mol. The Bertz CT molecular complexity index is 653. The second-order valence-electron chi connectivity index (χ2n) is 4.36. The van der Waals surface area contributed by atoms with Gasteiger partial charge in [0, 0.05) is 26.9 Å². The quantitative estimate of drug-likeness (QED) is 0.598. The molecule has 1 aromatic heterocycles. The van der Waals surface area contributed by atoms with Gasteiger partial charge in [0.05, 0.1) is 0 Å². The van der Waals surface area contributed by atoms with Crippen molar-refractivity contribution in [2.24, 2.45) is 0 Å². The summed E-state index contributed by atoms with van der Waals surface area (Å²) in [6.45, 7) is 4.00. The number of aromatic nitrogens is 1. The molecule has 0 spiro atoms. The van der Waals surface area contributed by atoms with E-state index in [1.54, 1.807) is 18.2 Å². The van der Waals surface area contributed by atoms with Gasteiger partial charge in [0.15, 0.2) is 0 Å². The Kier molecular flexibility index (Phi) is 4.40. The minimum absolute atomic E-state index is 0.155. The fourth-order valence-corrected chi connectivity index (χ4v) is 2.58. The van der Waals surface area contributed by atoms with E-state index in [9.17, 15) is 10.0 Å². The van der Waals surface area contributed by atoms with Gasteiger partial charge in [-0.25, -0.2) is 0 Å². The first-order valence-corrected chi connectivity index (χ1v) is 7.10. The molecule has 0 amide bonds. The van der Waals surface area contributed by atoms with Gasteiger partial charge >= 0.3 is 5.69 Å². The smallest absolute Gasteiger partial charge is 0.284 e. The summed E-state index contributed by atoms with van der Waals surface area (Å²) < 4.78 is 0.904. The topological polar surface area (TPSA) is 41.2 Å². The third-order valence-corrected chi connectivity index (χ3v) is 3.48. The fourth-order valence-electron chi connectivity index (χ4n) is 2.38. The summed E-state index contributed by atoms with van der Waals surface area (Å²) >= 11 is 5.95. The van der Waals surface area contributed by atoms with Crippen LogP contribution in [0.5, 0.6) is 0 Å². The predicted molar refractivity (Wildman–Crippen MR) is 77.5 cm³/mol. The number of fused-ring (bicyclic) bond motifs is 2. The Labute approximate surface area is 123 Å². The van der Waals surface area contributed by atoms with E-state index in [1.807, 2.05) is 26.0 Å². The normalized spacial score (nSPS) is 12.7. The van der Waals surface area contributed by atoms with Crippen LogP contribution in [0.4, 0.5) is 0 Å². The number of rotatable bonds is 0. The number of carbonyl (C=O) groups excluding carboxylic acids is 1. The first-order chi connectivity index (χ1) is 9.66. The van der Waals surface area contributed by atoms with Crippen LogP contribution < -0.4 is 4.73 Å². The maximum atomic E-state index is 12.4. The number of benzene rings is 1. The van der Waals surface area contributed by atoms with Crippen LogP contribution in [0.3, 0.4) is 0 Å². The van der Waals surface area contributed by atoms with Crippen LogP contribution in [0, 0.1) is 0 Å². The van der Waals surface area contributed by atoms with Crippen molar-refractivity contribution in [2.45, 2.75) is 26.7 Å². The van der Waals surface area contributed by atoms with Crippen molar-refractivity contribution < 1.29 is 14.7 Å². The van der Waals surface area contributed by atoms with Gasteiger partial charge in [-0.2, -0.15) is 0 Å². The number of aryl methyl sites for hydroxylation is 2. The number of nitrogens with zero attached hydrogens (tertiary/aromatic N) is 1. The number of carbonyl (C=O) groups is 1. The minimum atomic E-state index is -0.155. The van der Waals surface area contributed by atoms with Crippen LogP contribution in [0.2, 0.25) is 5.02 Å². The average molecular weight is 291 g/mol. The maximum Gasteiger partial charge on any atom is 0.307 e. The van der Waals surface area contributed by atoms with E-state index in [0.717, 1.165) is 28.7 Å². The Morgan fingerprint density at radius 3 is 2.60 bits per heavy atom. The lowest BCUT2D eigenvalue weighted by Gasteiger charge is -2.03. The molecule has 0 atom stereocenters. The van der Waals surface area contributed by atoms with Crippen molar-refractivity contribution in [1.82, 2.24) is 0 Å². The number of ketones is 1. The molecule has 3 rings (SSSR count). The Morgan fingerprint density at radius 2 is 1.85 bits per heavy atom. The van der Waals surface area contributed by atoms with E-state index in [-0.39, 0.29) is 5.78 Å². The molecule has 1 N–H and O–H groups in total. The molecule has 0 saturated carbocycles. The standard InChI is InChI=1S/C14H11ClNO2.C2H6/c15-11-5-6-12-10(8-11)4-3-9-2-1-7-16(18)13(9)14(12)17;1-2/h1-2,5-8,18H,3-4H2;1-2H3/q+1;. The van der Waals surface area contributed by atoms with E-state index in [4.69, 9.17) is 11.6 Å². The predicted octanol–water partition coefficient (Wildman–Crippen LogP) is 3.22. The maximum absolute atomic E-state index is 12.4. The van der Waals surface area contributed by atoms with E-state index in [2.05, 4.69) is 0 Å². The Balaban J connectivity index is 0.000000704. The molecule has 0 radical (unpaired) electrons. The molecule has 2 aromatic rings. The van der Waals surface area contributed by atoms with Crippen molar-refractivity contribution in [3.05, 3.63) is 63.9 Å². The lowest BCUT2D eigenvalue weighted by atomic mass is 10.0. The largest absolute Gasteiger partial charge is 0.307 e. The molecule has 0 bridgehead atoms. The summed E-state index contributed by atoms with van der Waals surface area (Å²) in [4.78, 5) is 12.4. The lowest BCUT2D eigenvalue weighted by Crippen LogP contribution is -2.38. The van der Waals surface area contributed by atoms with Gasteiger partial charge < -0.3 is 0 Å². The molecule has 0 aliphatic heterocycles. The molecule has 4 heteroatoms. The molecule has 104 valence electrons. The molecular formula is C16H17ClNO2+. The minimum Gasteiger partial charge on any atom is -0.284 e. The van der Waals surface area contributed by atoms with E-state index < -0.39 is 0 Å². The second-order valence-corrected chi connectivity index (χ2v) is 4.79. The summed E-state index contributed by atoms with van der Waals surface area (Å²) in [6, 6.07) is 8.85. The molecule has 0 unspecified atom stereocenters. The number of hydrogen-bond donors (Lipinski definition) is 1. The number of halogens is 1. The van der Waals surface area contributed by atoms with Gasteiger partial charge in [-0.05, 0) is 42.7 Å². The van der Waals surface area contributed by atoms with Crippen molar-refractivity contribution in [2.75, 3.05) is 0 Å². The van der Waals surface area contributed by atoms with Crippen molar-refractivity contribution in [3.63, 3.8) is 0 Å². The van der Waals surface area contributed by atoms with Crippen LogP contribution in [-0.4, -0.2) is 11.0 Å². The number of pyridine rings is 1. The highest BCUT2D eigenvalue weighted by atomic mass is 35.5. The average Bonchev–Trinajstić information content (AvgIpc) is 2.59. The highest BCUT2D eigenvalue weighted by Gasteiger charge is 2.30. The van der Waals surface area contributed by atoms with Crippen molar-refractivity contribution in [1.29, 1.82) is 0 Å². The molecule has 20 heavy (non-hydrogen) atoms. The summed E-state index contributed by atoms with van der Waals surface area (Å²) in [5.74, 6) is -0.155. The van der Waals surface area contributed by atoms with Crippen LogP contribution >= 0.6 is 11.6 Å². The van der Waals surface area contributed by atoms with Gasteiger partial charge in [0.25, 0.3) is 5.78 Å². The van der Waals surface area contributed by atoms with Gasteiger partial charge in [0.2, 0.25) is 6.20 Å². The summed E-state index contributed by atoms with van der Waals surface area (Å²) in [5.41, 5.74) is 2.76. The van der Waals surface area contributed by atoms with E-state index >= 15 is 0 Å². The van der Waals surface area contributed by atoms with Crippen molar-refractivity contribution >= 4 is 17.4 Å². The Hall–Kier alpha value is -1.87. The fraction of sp³-hybridized carbons (Fsp3) is 0.250. The van der Waals surface area contributed by atoms with Gasteiger partial charge in [-0.3, -0.25) is 10.0 Å². The molecule has 3 nitrogen and oxygen atoms in total. The second kappa shape index (κ2) is 6.06. The first kappa shape index (κ1) is 14.5. The first-order valence-electron chi connectivity index (χ1n) is 6.73. The zero-order valence-corrected chi connectivity index (χ0v) is 12.3. The highest BCUT2D eigenvalue weighted by Crippen LogP contribution is 2.24. The molecule has 1 heterocycles. The molecule has 0 fully saturated rings. The van der Waals surface area contributed by atoms with Crippen LogP contribution in [-0.2, 0) is 12.8 Å². The van der Waals surface area contributed by atoms with Crippen LogP contribution in [0.1, 0.15) is 41.0 Å².